The summed E-state index contributed by atoms with van der Waals surface area (Å²) >= 11 is 0.826. The normalized spacial score (nSPS) is 14.7. The first-order chi connectivity index (χ1) is 16.5. The SMILES string of the molecule is O=C(CCCc1ncc(-c2ccccc2)o1)NCCN1C(=O)S/C(=C\c2ccc(F)cc2)C1=O. The van der Waals surface area contributed by atoms with Gasteiger partial charge in [0.15, 0.2) is 11.7 Å². The second kappa shape index (κ2) is 10.9. The fourth-order valence-electron chi connectivity index (χ4n) is 3.36. The second-order valence-electron chi connectivity index (χ2n) is 7.57. The number of halogens is 1. The summed E-state index contributed by atoms with van der Waals surface area (Å²) < 4.78 is 18.8. The van der Waals surface area contributed by atoms with Crippen LogP contribution in [0.25, 0.3) is 17.4 Å². The number of oxazole rings is 1. The number of carbonyl (C=O) groups excluding carboxylic acids is 3. The van der Waals surface area contributed by atoms with Crippen LogP contribution in [0.3, 0.4) is 0 Å². The molecule has 0 spiro atoms. The Bertz CT molecular complexity index is 1210. The van der Waals surface area contributed by atoms with Gasteiger partial charge in [0, 0.05) is 31.5 Å². The highest BCUT2D eigenvalue weighted by Crippen LogP contribution is 2.31. The van der Waals surface area contributed by atoms with Crippen molar-refractivity contribution in [3.63, 3.8) is 0 Å². The summed E-state index contributed by atoms with van der Waals surface area (Å²) in [6.07, 6.45) is 4.58. The zero-order valence-electron chi connectivity index (χ0n) is 18.2. The molecule has 0 atom stereocenters. The Balaban J connectivity index is 1.19. The molecule has 3 amide bonds. The van der Waals surface area contributed by atoms with E-state index in [1.807, 2.05) is 30.3 Å². The molecule has 2 heterocycles. The molecule has 1 aliphatic heterocycles. The van der Waals surface area contributed by atoms with E-state index in [0.29, 0.717) is 30.1 Å². The Morgan fingerprint density at radius 1 is 1.12 bits per heavy atom. The average Bonchev–Trinajstić information content (AvgIpc) is 3.41. The molecule has 0 bridgehead atoms. The van der Waals surface area contributed by atoms with E-state index >= 15 is 0 Å². The van der Waals surface area contributed by atoms with Crippen LogP contribution < -0.4 is 5.32 Å². The molecule has 1 aromatic heterocycles. The first-order valence-electron chi connectivity index (χ1n) is 10.8. The van der Waals surface area contributed by atoms with Gasteiger partial charge in [-0.15, -0.1) is 0 Å². The molecule has 1 saturated heterocycles. The van der Waals surface area contributed by atoms with Crippen LogP contribution in [0.1, 0.15) is 24.3 Å². The first-order valence-corrected chi connectivity index (χ1v) is 11.6. The van der Waals surface area contributed by atoms with Crippen molar-refractivity contribution in [2.45, 2.75) is 19.3 Å². The lowest BCUT2D eigenvalue weighted by Crippen LogP contribution is -2.37. The number of carbonyl (C=O) groups is 3. The van der Waals surface area contributed by atoms with Gasteiger partial charge in [-0.1, -0.05) is 42.5 Å². The third-order valence-corrected chi connectivity index (χ3v) is 6.01. The van der Waals surface area contributed by atoms with Crippen LogP contribution >= 0.6 is 11.8 Å². The lowest BCUT2D eigenvalue weighted by molar-refractivity contribution is -0.124. The van der Waals surface area contributed by atoms with Crippen LogP contribution in [-0.4, -0.2) is 40.0 Å². The number of nitrogens with zero attached hydrogens (tertiary/aromatic N) is 2. The molecule has 174 valence electrons. The van der Waals surface area contributed by atoms with Crippen LogP contribution in [0, 0.1) is 5.82 Å². The Hall–Kier alpha value is -3.72. The van der Waals surface area contributed by atoms with Gasteiger partial charge >= 0.3 is 0 Å². The number of thioether (sulfide) groups is 1. The molecule has 1 aliphatic rings. The lowest BCUT2D eigenvalue weighted by Gasteiger charge is -2.12. The van der Waals surface area contributed by atoms with Gasteiger partial charge in [-0.3, -0.25) is 19.3 Å². The minimum absolute atomic E-state index is 0.0807. The number of aryl methyl sites for hydroxylation is 1. The summed E-state index contributed by atoms with van der Waals surface area (Å²) in [6, 6.07) is 15.3. The van der Waals surface area contributed by atoms with Crippen LogP contribution in [0.15, 0.2) is 70.1 Å². The maximum absolute atomic E-state index is 13.0. The summed E-state index contributed by atoms with van der Waals surface area (Å²) in [5.74, 6) is 0.275. The quantitative estimate of drug-likeness (QED) is 0.449. The molecule has 34 heavy (non-hydrogen) atoms. The van der Waals surface area contributed by atoms with E-state index in [1.165, 1.54) is 24.3 Å². The van der Waals surface area contributed by atoms with Gasteiger partial charge in [0.05, 0.1) is 11.1 Å². The van der Waals surface area contributed by atoms with Crippen LogP contribution in [-0.2, 0) is 16.0 Å². The summed E-state index contributed by atoms with van der Waals surface area (Å²) in [5.41, 5.74) is 1.57. The molecule has 0 aliphatic carbocycles. The van der Waals surface area contributed by atoms with Crippen molar-refractivity contribution in [3.05, 3.63) is 83.0 Å². The molecule has 3 aromatic rings. The number of rotatable bonds is 9. The zero-order valence-corrected chi connectivity index (χ0v) is 19.0. The van der Waals surface area contributed by atoms with Gasteiger partial charge in [0.2, 0.25) is 5.91 Å². The monoisotopic (exact) mass is 479 g/mol. The Morgan fingerprint density at radius 3 is 2.65 bits per heavy atom. The van der Waals surface area contributed by atoms with Crippen molar-refractivity contribution in [2.24, 2.45) is 0 Å². The minimum Gasteiger partial charge on any atom is -0.441 e. The van der Waals surface area contributed by atoms with Crippen molar-refractivity contribution in [2.75, 3.05) is 13.1 Å². The highest BCUT2D eigenvalue weighted by atomic mass is 32.2. The van der Waals surface area contributed by atoms with E-state index in [0.717, 1.165) is 22.2 Å². The first kappa shape index (κ1) is 23.4. The maximum atomic E-state index is 13.0. The Morgan fingerprint density at radius 2 is 1.88 bits per heavy atom. The molecule has 7 nitrogen and oxygen atoms in total. The zero-order chi connectivity index (χ0) is 23.9. The van der Waals surface area contributed by atoms with Crippen molar-refractivity contribution in [1.82, 2.24) is 15.2 Å². The molecule has 9 heteroatoms. The molecular formula is C25H22FN3O4S. The van der Waals surface area contributed by atoms with E-state index < -0.39 is 11.1 Å². The van der Waals surface area contributed by atoms with Crippen LogP contribution in [0.4, 0.5) is 9.18 Å². The largest absolute Gasteiger partial charge is 0.441 e. The topological polar surface area (TPSA) is 92.5 Å². The smallest absolute Gasteiger partial charge is 0.293 e. The molecule has 0 unspecified atom stereocenters. The summed E-state index contributed by atoms with van der Waals surface area (Å²) in [6.45, 7) is 0.245. The lowest BCUT2D eigenvalue weighted by atomic mass is 10.2. The minimum atomic E-state index is -0.424. The predicted molar refractivity (Wildman–Crippen MR) is 127 cm³/mol. The third-order valence-electron chi connectivity index (χ3n) is 5.11. The highest BCUT2D eigenvalue weighted by molar-refractivity contribution is 8.18. The van der Waals surface area contributed by atoms with E-state index in [1.54, 1.807) is 12.3 Å². The van der Waals surface area contributed by atoms with E-state index in [-0.39, 0.29) is 36.1 Å². The van der Waals surface area contributed by atoms with Gasteiger partial charge in [0.25, 0.3) is 11.1 Å². The highest BCUT2D eigenvalue weighted by Gasteiger charge is 2.34. The Labute approximate surface area is 200 Å². The fourth-order valence-corrected chi connectivity index (χ4v) is 4.23. The van der Waals surface area contributed by atoms with Crippen molar-refractivity contribution in [3.8, 4) is 11.3 Å². The molecule has 1 fully saturated rings. The molecule has 4 rings (SSSR count). The Kier molecular flexibility index (Phi) is 7.54. The van der Waals surface area contributed by atoms with Gasteiger partial charge in [0.1, 0.15) is 5.82 Å². The average molecular weight is 480 g/mol. The number of nitrogens with one attached hydrogen (secondary N) is 1. The summed E-state index contributed by atoms with van der Waals surface area (Å²) in [5, 5.41) is 2.33. The van der Waals surface area contributed by atoms with Gasteiger partial charge in [-0.25, -0.2) is 9.37 Å². The van der Waals surface area contributed by atoms with E-state index in [4.69, 9.17) is 4.42 Å². The molecule has 0 radical (unpaired) electrons. The van der Waals surface area contributed by atoms with E-state index in [2.05, 4.69) is 10.3 Å². The van der Waals surface area contributed by atoms with Gasteiger partial charge in [-0.2, -0.15) is 0 Å². The third kappa shape index (κ3) is 5.99. The van der Waals surface area contributed by atoms with Crippen LogP contribution in [0.2, 0.25) is 0 Å². The molecule has 1 N–H and O–H groups in total. The van der Waals surface area contributed by atoms with Crippen molar-refractivity contribution < 1.29 is 23.2 Å². The second-order valence-corrected chi connectivity index (χ2v) is 8.57. The van der Waals surface area contributed by atoms with Crippen molar-refractivity contribution >= 4 is 34.9 Å². The standard InChI is InChI=1S/C25H22FN3O4S/c26-19-11-9-17(10-12-19)15-21-24(31)29(25(32)34-21)14-13-27-22(30)7-4-8-23-28-16-20(33-23)18-5-2-1-3-6-18/h1-3,5-6,9-12,15-16H,4,7-8,13-14H2,(H,27,30)/b21-15-. The summed E-state index contributed by atoms with van der Waals surface area (Å²) in [4.78, 5) is 42.4. The predicted octanol–water partition coefficient (Wildman–Crippen LogP) is 4.66. The van der Waals surface area contributed by atoms with Gasteiger partial charge in [-0.05, 0) is 42.0 Å². The number of aromatic nitrogens is 1. The summed E-state index contributed by atoms with van der Waals surface area (Å²) in [7, 11) is 0. The number of imide groups is 1. The maximum Gasteiger partial charge on any atom is 0.293 e. The van der Waals surface area contributed by atoms with Gasteiger partial charge < -0.3 is 9.73 Å². The molecular weight excluding hydrogens is 457 g/mol. The van der Waals surface area contributed by atoms with Crippen molar-refractivity contribution in [1.29, 1.82) is 0 Å². The van der Waals surface area contributed by atoms with E-state index in [9.17, 15) is 18.8 Å². The number of hydrogen-bond donors (Lipinski definition) is 1. The molecule has 0 saturated carbocycles. The molecule has 2 aromatic carbocycles. The number of hydrogen-bond acceptors (Lipinski definition) is 6. The number of amides is 3. The fraction of sp³-hybridized carbons (Fsp3) is 0.200. The number of benzene rings is 2. The van der Waals surface area contributed by atoms with Crippen LogP contribution in [0.5, 0.6) is 0 Å².